The summed E-state index contributed by atoms with van der Waals surface area (Å²) in [7, 11) is 0. The Labute approximate surface area is 164 Å². The maximum Gasteiger partial charge on any atom is 0.322 e. The van der Waals surface area contributed by atoms with Crippen molar-refractivity contribution in [2.45, 2.75) is 13.8 Å². The van der Waals surface area contributed by atoms with Gasteiger partial charge < -0.3 is 20.0 Å². The Kier molecular flexibility index (Phi) is 6.34. The van der Waals surface area contributed by atoms with Crippen LogP contribution in [0.4, 0.5) is 22.1 Å². The van der Waals surface area contributed by atoms with E-state index in [2.05, 4.69) is 39.2 Å². The van der Waals surface area contributed by atoms with Crippen molar-refractivity contribution < 1.29 is 4.79 Å². The van der Waals surface area contributed by atoms with Crippen molar-refractivity contribution in [3.63, 3.8) is 0 Å². The van der Waals surface area contributed by atoms with Crippen LogP contribution >= 0.6 is 11.6 Å². The first-order chi connectivity index (χ1) is 13.1. The minimum atomic E-state index is -0.134. The van der Waals surface area contributed by atoms with E-state index >= 15 is 0 Å². The average Bonchev–Trinajstić information content (AvgIpc) is 2.71. The summed E-state index contributed by atoms with van der Waals surface area (Å²) in [5.41, 5.74) is 0.629. The number of nitrogens with one attached hydrogen (secondary N) is 1. The highest BCUT2D eigenvalue weighted by Crippen LogP contribution is 2.21. The molecule has 0 unspecified atom stereocenters. The summed E-state index contributed by atoms with van der Waals surface area (Å²) in [6, 6.07) is 11.1. The summed E-state index contributed by atoms with van der Waals surface area (Å²) in [5, 5.41) is 12.1. The van der Waals surface area contributed by atoms with Crippen LogP contribution in [0.3, 0.4) is 0 Å². The molecule has 144 valence electrons. The molecule has 1 aromatic heterocycles. The topological polar surface area (TPSA) is 64.6 Å². The van der Waals surface area contributed by atoms with Gasteiger partial charge in [-0.05, 0) is 38.1 Å². The number of hydrogen-bond acceptors (Lipinski definition) is 5. The van der Waals surface area contributed by atoms with Crippen LogP contribution in [0.5, 0.6) is 0 Å². The molecule has 0 spiro atoms. The quantitative estimate of drug-likeness (QED) is 0.851. The number of carbonyl (C=O) groups is 1. The molecule has 0 atom stereocenters. The Morgan fingerprint density at radius 3 is 2.37 bits per heavy atom. The number of halogens is 1. The molecule has 0 aliphatic carbocycles. The summed E-state index contributed by atoms with van der Waals surface area (Å²) in [4.78, 5) is 18.6. The average molecular weight is 389 g/mol. The molecule has 7 nitrogen and oxygen atoms in total. The maximum absolute atomic E-state index is 12.5. The predicted molar refractivity (Wildman–Crippen MR) is 110 cm³/mol. The summed E-state index contributed by atoms with van der Waals surface area (Å²) < 4.78 is 0. The van der Waals surface area contributed by atoms with Gasteiger partial charge >= 0.3 is 6.03 Å². The molecule has 2 heterocycles. The molecule has 2 aromatic rings. The normalized spacial score (nSPS) is 14.2. The second-order valence-electron chi connectivity index (χ2n) is 6.31. The van der Waals surface area contributed by atoms with E-state index in [1.807, 2.05) is 24.3 Å². The van der Waals surface area contributed by atoms with Crippen molar-refractivity contribution in [2.75, 3.05) is 54.4 Å². The van der Waals surface area contributed by atoms with Crippen LogP contribution < -0.4 is 15.1 Å². The van der Waals surface area contributed by atoms with Gasteiger partial charge in [-0.3, -0.25) is 0 Å². The van der Waals surface area contributed by atoms with E-state index in [9.17, 15) is 4.79 Å². The molecule has 8 heteroatoms. The van der Waals surface area contributed by atoms with E-state index in [0.717, 1.165) is 37.8 Å². The van der Waals surface area contributed by atoms with Crippen LogP contribution in [-0.4, -0.2) is 60.4 Å². The number of benzene rings is 1. The van der Waals surface area contributed by atoms with Crippen molar-refractivity contribution >= 4 is 35.0 Å². The lowest BCUT2D eigenvalue weighted by Gasteiger charge is -2.35. The molecule has 1 saturated heterocycles. The van der Waals surface area contributed by atoms with Crippen molar-refractivity contribution in [1.82, 2.24) is 15.1 Å². The third kappa shape index (κ3) is 4.60. The number of carbonyl (C=O) groups excluding carboxylic acids is 1. The Bertz CT molecular complexity index is 757. The van der Waals surface area contributed by atoms with Gasteiger partial charge in [0.05, 0.1) is 10.7 Å². The number of anilines is 3. The zero-order chi connectivity index (χ0) is 19.2. The lowest BCUT2D eigenvalue weighted by Crippen LogP contribution is -2.50. The van der Waals surface area contributed by atoms with Crippen molar-refractivity contribution in [3.05, 3.63) is 41.4 Å². The Morgan fingerprint density at radius 1 is 1.07 bits per heavy atom. The van der Waals surface area contributed by atoms with Crippen molar-refractivity contribution in [2.24, 2.45) is 0 Å². The number of aromatic nitrogens is 2. The van der Waals surface area contributed by atoms with Gasteiger partial charge in [0.25, 0.3) is 0 Å². The molecule has 1 aliphatic rings. The number of hydrogen-bond donors (Lipinski definition) is 1. The van der Waals surface area contributed by atoms with Gasteiger partial charge in [0, 0.05) is 39.3 Å². The van der Waals surface area contributed by atoms with Crippen LogP contribution in [0, 0.1) is 0 Å². The Morgan fingerprint density at radius 2 is 1.78 bits per heavy atom. The minimum Gasteiger partial charge on any atom is -0.356 e. The monoisotopic (exact) mass is 388 g/mol. The number of nitrogens with zero attached hydrogens (tertiary/aromatic N) is 5. The van der Waals surface area contributed by atoms with E-state index in [0.29, 0.717) is 23.8 Å². The van der Waals surface area contributed by atoms with E-state index < -0.39 is 0 Å². The molecule has 3 rings (SSSR count). The molecular formula is C19H25ClN6O. The van der Waals surface area contributed by atoms with Crippen molar-refractivity contribution in [3.8, 4) is 0 Å². The van der Waals surface area contributed by atoms with Crippen LogP contribution in [0.15, 0.2) is 36.4 Å². The molecule has 0 radical (unpaired) electrons. The van der Waals surface area contributed by atoms with E-state index in [1.54, 1.807) is 17.0 Å². The fourth-order valence-corrected chi connectivity index (χ4v) is 3.28. The zero-order valence-electron chi connectivity index (χ0n) is 15.7. The third-order valence-electron chi connectivity index (χ3n) is 4.73. The fraction of sp³-hybridized carbons (Fsp3) is 0.421. The van der Waals surface area contributed by atoms with Crippen molar-refractivity contribution in [1.29, 1.82) is 0 Å². The molecule has 0 saturated carbocycles. The molecule has 1 N–H and O–H groups in total. The summed E-state index contributed by atoms with van der Waals surface area (Å²) >= 11 is 6.11. The number of para-hydroxylation sites is 1. The highest BCUT2D eigenvalue weighted by Gasteiger charge is 2.22. The van der Waals surface area contributed by atoms with Crippen LogP contribution in [0.2, 0.25) is 5.02 Å². The van der Waals surface area contributed by atoms with Crippen LogP contribution in [-0.2, 0) is 0 Å². The third-order valence-corrected chi connectivity index (χ3v) is 5.06. The second-order valence-corrected chi connectivity index (χ2v) is 6.71. The predicted octanol–water partition coefficient (Wildman–Crippen LogP) is 3.33. The molecular weight excluding hydrogens is 364 g/mol. The number of piperazine rings is 1. The Hall–Kier alpha value is -2.54. The Balaban J connectivity index is 1.55. The summed E-state index contributed by atoms with van der Waals surface area (Å²) in [6.45, 7) is 8.70. The van der Waals surface area contributed by atoms with Gasteiger partial charge in [-0.2, -0.15) is 0 Å². The number of rotatable bonds is 5. The first kappa shape index (κ1) is 19.2. The van der Waals surface area contributed by atoms with Gasteiger partial charge in [0.2, 0.25) is 0 Å². The molecule has 2 amide bonds. The van der Waals surface area contributed by atoms with Gasteiger partial charge in [-0.15, -0.1) is 10.2 Å². The second kappa shape index (κ2) is 8.90. The minimum absolute atomic E-state index is 0.134. The maximum atomic E-state index is 12.5. The van der Waals surface area contributed by atoms with E-state index in [-0.39, 0.29) is 6.03 Å². The fourth-order valence-electron chi connectivity index (χ4n) is 3.10. The van der Waals surface area contributed by atoms with E-state index in [4.69, 9.17) is 11.6 Å². The SMILES string of the molecule is CCN(CC)c1ccc(N2CCN(C(=O)Nc3ccccc3Cl)CC2)nn1. The van der Waals surface area contributed by atoms with E-state index in [1.165, 1.54) is 0 Å². The lowest BCUT2D eigenvalue weighted by molar-refractivity contribution is 0.208. The molecule has 1 aromatic carbocycles. The first-order valence-corrected chi connectivity index (χ1v) is 9.64. The number of amides is 2. The zero-order valence-corrected chi connectivity index (χ0v) is 16.5. The largest absolute Gasteiger partial charge is 0.356 e. The van der Waals surface area contributed by atoms with Gasteiger partial charge in [0.1, 0.15) is 0 Å². The van der Waals surface area contributed by atoms with Crippen LogP contribution in [0.25, 0.3) is 0 Å². The summed E-state index contributed by atoms with van der Waals surface area (Å²) in [6.07, 6.45) is 0. The first-order valence-electron chi connectivity index (χ1n) is 9.26. The molecule has 27 heavy (non-hydrogen) atoms. The molecule has 0 bridgehead atoms. The van der Waals surface area contributed by atoms with Gasteiger partial charge in [-0.25, -0.2) is 4.79 Å². The van der Waals surface area contributed by atoms with Gasteiger partial charge in [-0.1, -0.05) is 23.7 Å². The summed E-state index contributed by atoms with van der Waals surface area (Å²) in [5.74, 6) is 1.73. The number of urea groups is 1. The van der Waals surface area contributed by atoms with Crippen LogP contribution in [0.1, 0.15) is 13.8 Å². The molecule has 1 fully saturated rings. The highest BCUT2D eigenvalue weighted by molar-refractivity contribution is 6.33. The lowest BCUT2D eigenvalue weighted by atomic mass is 10.3. The molecule has 1 aliphatic heterocycles. The standard InChI is InChI=1S/C19H25ClN6O/c1-3-24(4-2)17-9-10-18(23-22-17)25-11-13-26(14-12-25)19(27)21-16-8-6-5-7-15(16)20/h5-10H,3-4,11-14H2,1-2H3,(H,21,27). The smallest absolute Gasteiger partial charge is 0.322 e. The van der Waals surface area contributed by atoms with Gasteiger partial charge in [0.15, 0.2) is 11.6 Å². The highest BCUT2D eigenvalue weighted by atomic mass is 35.5.